The van der Waals surface area contributed by atoms with Gasteiger partial charge in [0, 0.05) is 5.69 Å². The zero-order valence-electron chi connectivity index (χ0n) is 12.8. The molecule has 2 aromatic rings. The van der Waals surface area contributed by atoms with Crippen molar-refractivity contribution in [1.82, 2.24) is 25.3 Å². The minimum Gasteiger partial charge on any atom is -0.332 e. The lowest BCUT2D eigenvalue weighted by atomic mass is 10.1. The molecule has 2 amide bonds. The Morgan fingerprint density at radius 3 is 2.71 bits per heavy atom. The number of hydrogen-bond donors (Lipinski definition) is 2. The first kappa shape index (κ1) is 15.0. The smallest absolute Gasteiger partial charge is 0.319 e. The maximum Gasteiger partial charge on any atom is 0.319 e. The maximum atomic E-state index is 11.9. The van der Waals surface area contributed by atoms with E-state index in [-0.39, 0.29) is 6.03 Å². The highest BCUT2D eigenvalue weighted by Crippen LogP contribution is 2.18. The second-order valence-corrected chi connectivity index (χ2v) is 4.87. The summed E-state index contributed by atoms with van der Waals surface area (Å²) in [4.78, 5) is 17.9. The van der Waals surface area contributed by atoms with Crippen LogP contribution in [-0.2, 0) is 13.1 Å². The molecule has 0 bridgehead atoms. The number of pyridine rings is 1. The third-order valence-electron chi connectivity index (χ3n) is 3.06. The van der Waals surface area contributed by atoms with Crippen molar-refractivity contribution in [3.63, 3.8) is 0 Å². The van der Waals surface area contributed by atoms with Crippen LogP contribution in [0.4, 0.5) is 10.5 Å². The Morgan fingerprint density at radius 2 is 2.10 bits per heavy atom. The summed E-state index contributed by atoms with van der Waals surface area (Å²) < 4.78 is 0. The van der Waals surface area contributed by atoms with E-state index in [2.05, 4.69) is 25.8 Å². The van der Waals surface area contributed by atoms with Crippen molar-refractivity contribution in [3.8, 4) is 0 Å². The second-order valence-electron chi connectivity index (χ2n) is 4.87. The number of nitrogens with one attached hydrogen (secondary N) is 2. The molecule has 0 aliphatic carbocycles. The van der Waals surface area contributed by atoms with Gasteiger partial charge in [-0.3, -0.25) is 4.98 Å². The molecule has 7 heteroatoms. The number of hydrogen-bond acceptors (Lipinski definition) is 4. The van der Waals surface area contributed by atoms with E-state index in [0.717, 1.165) is 28.3 Å². The Hall–Kier alpha value is -2.44. The van der Waals surface area contributed by atoms with Gasteiger partial charge in [0.15, 0.2) is 0 Å². The normalized spacial score (nSPS) is 10.5. The van der Waals surface area contributed by atoms with Gasteiger partial charge in [0.05, 0.1) is 30.7 Å². The van der Waals surface area contributed by atoms with Crippen molar-refractivity contribution in [2.24, 2.45) is 0 Å². The fourth-order valence-electron chi connectivity index (χ4n) is 2.11. The zero-order chi connectivity index (χ0) is 15.4. The van der Waals surface area contributed by atoms with Crippen LogP contribution >= 0.6 is 0 Å². The van der Waals surface area contributed by atoms with Crippen LogP contribution in [0.3, 0.4) is 0 Å². The fraction of sp³-hybridized carbons (Fsp3) is 0.429. The SMILES string of the molecule is CCn1ncc(CNC(=O)Nc2c(C)cc(C)nc2C)n1. The van der Waals surface area contributed by atoms with Crippen molar-refractivity contribution >= 4 is 11.7 Å². The van der Waals surface area contributed by atoms with Crippen LogP contribution in [0.25, 0.3) is 0 Å². The first-order chi connectivity index (χ1) is 9.99. The molecule has 0 aliphatic rings. The Bertz CT molecular complexity index is 626. The van der Waals surface area contributed by atoms with Crippen LogP contribution in [0, 0.1) is 20.8 Å². The minimum absolute atomic E-state index is 0.280. The minimum atomic E-state index is -0.280. The Kier molecular flexibility index (Phi) is 4.52. The summed E-state index contributed by atoms with van der Waals surface area (Å²) >= 11 is 0. The molecular weight excluding hydrogens is 268 g/mol. The summed E-state index contributed by atoms with van der Waals surface area (Å²) in [6.45, 7) is 8.76. The highest BCUT2D eigenvalue weighted by atomic mass is 16.2. The molecule has 112 valence electrons. The van der Waals surface area contributed by atoms with Gasteiger partial charge >= 0.3 is 6.03 Å². The first-order valence-electron chi connectivity index (χ1n) is 6.88. The molecule has 2 N–H and O–H groups in total. The summed E-state index contributed by atoms with van der Waals surface area (Å²) in [5.41, 5.74) is 4.21. The molecule has 0 aromatic carbocycles. The topological polar surface area (TPSA) is 84.7 Å². The first-order valence-corrected chi connectivity index (χ1v) is 6.88. The lowest BCUT2D eigenvalue weighted by Gasteiger charge is -2.12. The highest BCUT2D eigenvalue weighted by Gasteiger charge is 2.09. The van der Waals surface area contributed by atoms with E-state index in [9.17, 15) is 4.79 Å². The fourth-order valence-corrected chi connectivity index (χ4v) is 2.11. The summed E-state index contributed by atoms with van der Waals surface area (Å²) in [5, 5.41) is 13.9. The number of carbonyl (C=O) groups excluding carboxylic acids is 1. The van der Waals surface area contributed by atoms with Gasteiger partial charge in [-0.25, -0.2) is 4.79 Å². The van der Waals surface area contributed by atoms with E-state index in [1.165, 1.54) is 0 Å². The number of aromatic nitrogens is 4. The largest absolute Gasteiger partial charge is 0.332 e. The number of aryl methyl sites for hydroxylation is 4. The standard InChI is InChI=1S/C14H20N6O/c1-5-20-16-8-12(19-20)7-15-14(21)18-13-9(2)6-10(3)17-11(13)4/h6,8H,5,7H2,1-4H3,(H2,15,18,21). The zero-order valence-corrected chi connectivity index (χ0v) is 12.8. The molecule has 2 rings (SSSR count). The summed E-state index contributed by atoms with van der Waals surface area (Å²) in [5.74, 6) is 0. The van der Waals surface area contributed by atoms with Crippen LogP contribution in [0.15, 0.2) is 12.3 Å². The Balaban J connectivity index is 1.96. The lowest BCUT2D eigenvalue weighted by molar-refractivity contribution is 0.251. The van der Waals surface area contributed by atoms with Crippen molar-refractivity contribution in [1.29, 1.82) is 0 Å². The Labute approximate surface area is 123 Å². The lowest BCUT2D eigenvalue weighted by Crippen LogP contribution is -2.29. The predicted octanol–water partition coefficient (Wildman–Crippen LogP) is 1.94. The number of amides is 2. The van der Waals surface area contributed by atoms with Crippen LogP contribution in [0.5, 0.6) is 0 Å². The van der Waals surface area contributed by atoms with Gasteiger partial charge in [-0.1, -0.05) is 0 Å². The summed E-state index contributed by atoms with van der Waals surface area (Å²) in [7, 11) is 0. The van der Waals surface area contributed by atoms with E-state index in [1.807, 2.05) is 33.8 Å². The van der Waals surface area contributed by atoms with E-state index < -0.39 is 0 Å². The number of anilines is 1. The molecular formula is C14H20N6O. The third-order valence-corrected chi connectivity index (χ3v) is 3.06. The van der Waals surface area contributed by atoms with Crippen LogP contribution < -0.4 is 10.6 Å². The molecule has 0 atom stereocenters. The molecule has 0 spiro atoms. The number of rotatable bonds is 4. The number of nitrogens with zero attached hydrogens (tertiary/aromatic N) is 4. The van der Waals surface area contributed by atoms with E-state index >= 15 is 0 Å². The van der Waals surface area contributed by atoms with Gasteiger partial charge < -0.3 is 10.6 Å². The van der Waals surface area contributed by atoms with E-state index in [1.54, 1.807) is 11.0 Å². The molecule has 0 saturated heterocycles. The van der Waals surface area contributed by atoms with Crippen LogP contribution in [-0.4, -0.2) is 26.0 Å². The van der Waals surface area contributed by atoms with E-state index in [4.69, 9.17) is 0 Å². The van der Waals surface area contributed by atoms with Gasteiger partial charge in [-0.05, 0) is 39.3 Å². The van der Waals surface area contributed by atoms with Crippen molar-refractivity contribution in [2.45, 2.75) is 40.8 Å². The van der Waals surface area contributed by atoms with Gasteiger partial charge in [-0.2, -0.15) is 15.0 Å². The Morgan fingerprint density at radius 1 is 1.33 bits per heavy atom. The van der Waals surface area contributed by atoms with E-state index in [0.29, 0.717) is 13.1 Å². The monoisotopic (exact) mass is 288 g/mol. The molecule has 2 heterocycles. The van der Waals surface area contributed by atoms with Crippen LogP contribution in [0.2, 0.25) is 0 Å². The molecule has 0 fully saturated rings. The summed E-state index contributed by atoms with van der Waals surface area (Å²) in [6.07, 6.45) is 1.65. The van der Waals surface area contributed by atoms with Gasteiger partial charge in [-0.15, -0.1) is 0 Å². The van der Waals surface area contributed by atoms with Crippen molar-refractivity contribution in [3.05, 3.63) is 34.9 Å². The molecule has 21 heavy (non-hydrogen) atoms. The molecule has 7 nitrogen and oxygen atoms in total. The maximum absolute atomic E-state index is 11.9. The molecule has 0 saturated carbocycles. The highest BCUT2D eigenvalue weighted by molar-refractivity contribution is 5.90. The molecule has 0 aliphatic heterocycles. The third kappa shape index (κ3) is 3.77. The quantitative estimate of drug-likeness (QED) is 0.900. The molecule has 0 radical (unpaired) electrons. The average molecular weight is 288 g/mol. The van der Waals surface area contributed by atoms with Crippen molar-refractivity contribution < 1.29 is 4.79 Å². The van der Waals surface area contributed by atoms with Gasteiger partial charge in [0.25, 0.3) is 0 Å². The van der Waals surface area contributed by atoms with Gasteiger partial charge in [0.1, 0.15) is 5.69 Å². The van der Waals surface area contributed by atoms with Gasteiger partial charge in [0.2, 0.25) is 0 Å². The van der Waals surface area contributed by atoms with Crippen LogP contribution in [0.1, 0.15) is 29.6 Å². The second kappa shape index (κ2) is 6.34. The van der Waals surface area contributed by atoms with Crippen molar-refractivity contribution in [2.75, 3.05) is 5.32 Å². The number of carbonyl (C=O) groups is 1. The molecule has 0 unspecified atom stereocenters. The summed E-state index contributed by atoms with van der Waals surface area (Å²) in [6, 6.07) is 1.66. The predicted molar refractivity (Wildman–Crippen MR) is 80.0 cm³/mol. The molecule has 2 aromatic heterocycles. The number of urea groups is 1. The average Bonchev–Trinajstić information content (AvgIpc) is 2.88.